The first kappa shape index (κ1) is 19.5. The zero-order chi connectivity index (χ0) is 20.5. The highest BCUT2D eigenvalue weighted by Gasteiger charge is 2.27. The summed E-state index contributed by atoms with van der Waals surface area (Å²) in [6.07, 6.45) is 0. The fraction of sp³-hybridized carbons (Fsp3) is 0.286. The van der Waals surface area contributed by atoms with Crippen LogP contribution < -0.4 is 5.32 Å². The van der Waals surface area contributed by atoms with E-state index in [1.54, 1.807) is 11.0 Å². The molecule has 29 heavy (non-hydrogen) atoms. The molecule has 4 rings (SSSR count). The van der Waals surface area contributed by atoms with Gasteiger partial charge in [0.05, 0.1) is 24.5 Å². The Morgan fingerprint density at radius 2 is 1.93 bits per heavy atom. The van der Waals surface area contributed by atoms with Crippen molar-refractivity contribution in [2.45, 2.75) is 13.8 Å². The minimum Gasteiger partial charge on any atom is -0.378 e. The lowest BCUT2D eigenvalue weighted by atomic mass is 10.1. The number of hydrogen-bond acceptors (Lipinski definition) is 5. The summed E-state index contributed by atoms with van der Waals surface area (Å²) in [6.45, 7) is 5.71. The topological polar surface area (TPSA) is 71.5 Å². The molecule has 6 nitrogen and oxygen atoms in total. The van der Waals surface area contributed by atoms with Crippen LogP contribution in [0.2, 0.25) is 0 Å². The van der Waals surface area contributed by atoms with Gasteiger partial charge in [0.1, 0.15) is 15.5 Å². The average Bonchev–Trinajstić information content (AvgIpc) is 3.06. The molecule has 150 valence electrons. The Morgan fingerprint density at radius 1 is 1.21 bits per heavy atom. The first-order valence-electron chi connectivity index (χ1n) is 9.29. The molecule has 1 N–H and O–H groups in total. The number of fused-ring (bicyclic) bond motifs is 1. The predicted molar refractivity (Wildman–Crippen MR) is 110 cm³/mol. The summed E-state index contributed by atoms with van der Waals surface area (Å²) in [7, 11) is 0. The number of carbonyl (C=O) groups excluding carboxylic acids is 2. The molecule has 0 atom stereocenters. The SMILES string of the molecule is Cc1cc(C)c2c(NC(=O)c3ccccc3F)c(C(=O)N3CCOCC3)sc2n1. The Bertz CT molecular complexity index is 1110. The molecular formula is C21H20FN3O3S. The molecule has 1 aromatic carbocycles. The van der Waals surface area contributed by atoms with E-state index in [0.717, 1.165) is 11.3 Å². The Kier molecular flexibility index (Phi) is 5.29. The summed E-state index contributed by atoms with van der Waals surface area (Å²) >= 11 is 1.24. The molecule has 3 heterocycles. The van der Waals surface area contributed by atoms with E-state index in [-0.39, 0.29) is 11.5 Å². The van der Waals surface area contributed by atoms with Crippen molar-refractivity contribution in [3.05, 3.63) is 57.8 Å². The van der Waals surface area contributed by atoms with Gasteiger partial charge < -0.3 is 15.0 Å². The molecule has 2 aromatic heterocycles. The van der Waals surface area contributed by atoms with Crippen molar-refractivity contribution in [1.82, 2.24) is 9.88 Å². The normalized spacial score (nSPS) is 14.2. The number of aromatic nitrogens is 1. The van der Waals surface area contributed by atoms with Gasteiger partial charge in [-0.3, -0.25) is 9.59 Å². The molecule has 0 spiro atoms. The van der Waals surface area contributed by atoms with Crippen LogP contribution in [-0.2, 0) is 4.74 Å². The van der Waals surface area contributed by atoms with Crippen molar-refractivity contribution < 1.29 is 18.7 Å². The molecule has 0 radical (unpaired) electrons. The number of thiophene rings is 1. The lowest BCUT2D eigenvalue weighted by molar-refractivity contribution is 0.0307. The van der Waals surface area contributed by atoms with Crippen molar-refractivity contribution in [3.63, 3.8) is 0 Å². The zero-order valence-electron chi connectivity index (χ0n) is 16.1. The Labute approximate surface area is 171 Å². The number of hydrogen-bond donors (Lipinski definition) is 1. The van der Waals surface area contributed by atoms with Gasteiger partial charge >= 0.3 is 0 Å². The molecule has 1 fully saturated rings. The van der Waals surface area contributed by atoms with Gasteiger partial charge in [-0.15, -0.1) is 11.3 Å². The zero-order valence-corrected chi connectivity index (χ0v) is 16.9. The van der Waals surface area contributed by atoms with Crippen molar-refractivity contribution in [3.8, 4) is 0 Å². The maximum Gasteiger partial charge on any atom is 0.266 e. The number of amides is 2. The quantitative estimate of drug-likeness (QED) is 0.709. The van der Waals surface area contributed by atoms with E-state index in [1.807, 2.05) is 19.9 Å². The van der Waals surface area contributed by atoms with E-state index in [9.17, 15) is 14.0 Å². The van der Waals surface area contributed by atoms with Gasteiger partial charge in [-0.1, -0.05) is 12.1 Å². The first-order chi connectivity index (χ1) is 14.0. The van der Waals surface area contributed by atoms with Gasteiger partial charge in [-0.05, 0) is 37.6 Å². The van der Waals surface area contributed by atoms with Crippen LogP contribution in [-0.4, -0.2) is 48.0 Å². The second-order valence-corrected chi connectivity index (χ2v) is 7.90. The fourth-order valence-corrected chi connectivity index (χ4v) is 4.67. The summed E-state index contributed by atoms with van der Waals surface area (Å²) in [5.41, 5.74) is 2.04. The van der Waals surface area contributed by atoms with Crippen LogP contribution in [0, 0.1) is 19.7 Å². The van der Waals surface area contributed by atoms with Gasteiger partial charge in [-0.25, -0.2) is 9.37 Å². The van der Waals surface area contributed by atoms with E-state index in [0.29, 0.717) is 47.1 Å². The minimum absolute atomic E-state index is 0.0747. The monoisotopic (exact) mass is 413 g/mol. The number of ether oxygens (including phenoxy) is 1. The number of nitrogens with one attached hydrogen (secondary N) is 1. The third-order valence-corrected chi connectivity index (χ3v) is 5.91. The van der Waals surface area contributed by atoms with Gasteiger partial charge in [0.25, 0.3) is 11.8 Å². The van der Waals surface area contributed by atoms with Crippen LogP contribution >= 0.6 is 11.3 Å². The van der Waals surface area contributed by atoms with E-state index < -0.39 is 11.7 Å². The van der Waals surface area contributed by atoms with E-state index in [4.69, 9.17) is 4.74 Å². The van der Waals surface area contributed by atoms with Crippen molar-refractivity contribution in [2.75, 3.05) is 31.6 Å². The maximum atomic E-state index is 14.1. The average molecular weight is 413 g/mol. The lowest BCUT2D eigenvalue weighted by Gasteiger charge is -2.26. The summed E-state index contributed by atoms with van der Waals surface area (Å²) in [4.78, 5) is 33.3. The number of anilines is 1. The number of benzene rings is 1. The molecule has 0 bridgehead atoms. The standard InChI is InChI=1S/C21H20FN3O3S/c1-12-11-13(2)23-20-16(12)17(24-19(26)14-5-3-4-6-15(14)22)18(29-20)21(27)25-7-9-28-10-8-25/h3-6,11H,7-10H2,1-2H3,(H,24,26). The molecule has 0 unspecified atom stereocenters. The van der Waals surface area contributed by atoms with Crippen LogP contribution in [0.15, 0.2) is 30.3 Å². The predicted octanol–water partition coefficient (Wildman–Crippen LogP) is 3.78. The van der Waals surface area contributed by atoms with Crippen LogP contribution in [0.4, 0.5) is 10.1 Å². The van der Waals surface area contributed by atoms with Crippen LogP contribution in [0.3, 0.4) is 0 Å². The molecular weight excluding hydrogens is 393 g/mol. The van der Waals surface area contributed by atoms with Crippen molar-refractivity contribution >= 4 is 39.1 Å². The molecule has 3 aromatic rings. The van der Waals surface area contributed by atoms with Gasteiger partial charge in [0.2, 0.25) is 0 Å². The van der Waals surface area contributed by atoms with E-state index >= 15 is 0 Å². The third-order valence-electron chi connectivity index (χ3n) is 4.84. The smallest absolute Gasteiger partial charge is 0.266 e. The largest absolute Gasteiger partial charge is 0.378 e. The fourth-order valence-electron chi connectivity index (χ4n) is 3.45. The molecule has 0 aliphatic carbocycles. The summed E-state index contributed by atoms with van der Waals surface area (Å²) in [6, 6.07) is 7.67. The summed E-state index contributed by atoms with van der Waals surface area (Å²) in [5.74, 6) is -1.40. The third kappa shape index (κ3) is 3.73. The Hall–Kier alpha value is -2.84. The number of morpholine rings is 1. The molecule has 2 amide bonds. The lowest BCUT2D eigenvalue weighted by Crippen LogP contribution is -2.40. The summed E-state index contributed by atoms with van der Waals surface area (Å²) < 4.78 is 19.4. The molecule has 1 aliphatic heterocycles. The Balaban J connectivity index is 1.80. The van der Waals surface area contributed by atoms with Crippen molar-refractivity contribution in [1.29, 1.82) is 0 Å². The molecule has 1 saturated heterocycles. The van der Waals surface area contributed by atoms with Gasteiger partial charge in [0.15, 0.2) is 0 Å². The highest BCUT2D eigenvalue weighted by molar-refractivity contribution is 7.21. The van der Waals surface area contributed by atoms with E-state index in [2.05, 4.69) is 10.3 Å². The van der Waals surface area contributed by atoms with Crippen LogP contribution in [0.25, 0.3) is 10.2 Å². The Morgan fingerprint density at radius 3 is 2.66 bits per heavy atom. The number of pyridine rings is 1. The first-order valence-corrected chi connectivity index (χ1v) is 10.1. The number of halogens is 1. The maximum absolute atomic E-state index is 14.1. The molecule has 0 saturated carbocycles. The number of nitrogens with zero attached hydrogens (tertiary/aromatic N) is 2. The highest BCUT2D eigenvalue weighted by Crippen LogP contribution is 2.38. The number of aryl methyl sites for hydroxylation is 2. The minimum atomic E-state index is -0.615. The van der Waals surface area contributed by atoms with Crippen LogP contribution in [0.1, 0.15) is 31.3 Å². The molecule has 8 heteroatoms. The summed E-state index contributed by atoms with van der Waals surface area (Å²) in [5, 5.41) is 3.49. The highest BCUT2D eigenvalue weighted by atomic mass is 32.1. The van der Waals surface area contributed by atoms with Crippen molar-refractivity contribution in [2.24, 2.45) is 0 Å². The van der Waals surface area contributed by atoms with E-state index in [1.165, 1.54) is 29.5 Å². The number of rotatable bonds is 3. The van der Waals surface area contributed by atoms with Crippen LogP contribution in [0.5, 0.6) is 0 Å². The second-order valence-electron chi connectivity index (χ2n) is 6.91. The van der Waals surface area contributed by atoms with Gasteiger partial charge in [0, 0.05) is 24.2 Å². The number of carbonyl (C=O) groups is 2. The molecule has 1 aliphatic rings. The van der Waals surface area contributed by atoms with Gasteiger partial charge in [-0.2, -0.15) is 0 Å². The second kappa shape index (κ2) is 7.88.